The highest BCUT2D eigenvalue weighted by Crippen LogP contribution is 2.13. The molecule has 6 heteroatoms. The second-order valence-corrected chi connectivity index (χ2v) is 10.5. The Morgan fingerprint density at radius 2 is 0.921 bits per heavy atom. The highest BCUT2D eigenvalue weighted by molar-refractivity contribution is 8.93. The maximum Gasteiger partial charge on any atom is 0.0603 e. The Balaban J connectivity index is 0.00000684. The van der Waals surface area contributed by atoms with Gasteiger partial charge in [-0.2, -0.15) is 0 Å². The molecule has 0 fully saturated rings. The summed E-state index contributed by atoms with van der Waals surface area (Å²) in [4.78, 5) is 9.67. The fourth-order valence-corrected chi connectivity index (χ4v) is 4.65. The number of aromatic nitrogens is 2. The van der Waals surface area contributed by atoms with Crippen LogP contribution in [0.4, 0.5) is 0 Å². The average molecular weight is 657 g/mol. The van der Waals surface area contributed by atoms with Gasteiger partial charge in [0.25, 0.3) is 0 Å². The molecule has 0 bridgehead atoms. The molecule has 218 valence electrons. The monoisotopic (exact) mass is 654 g/mol. The van der Waals surface area contributed by atoms with Crippen molar-refractivity contribution in [2.75, 3.05) is 13.1 Å². The largest absolute Gasteiger partial charge is 0.354 e. The molecule has 0 saturated heterocycles. The van der Waals surface area contributed by atoms with Gasteiger partial charge in [-0.1, -0.05) is 79.1 Å². The first-order valence-electron chi connectivity index (χ1n) is 15.0. The summed E-state index contributed by atoms with van der Waals surface area (Å²) in [6, 6.07) is 8.69. The van der Waals surface area contributed by atoms with E-state index in [1.54, 1.807) is 0 Å². The molecule has 0 radical (unpaired) electrons. The minimum atomic E-state index is 0. The predicted octanol–water partition coefficient (Wildman–Crippen LogP) is 8.94. The second kappa shape index (κ2) is 23.7. The summed E-state index contributed by atoms with van der Waals surface area (Å²) >= 11 is 0. The molecule has 0 aromatic carbocycles. The maximum atomic E-state index is 4.84. The highest BCUT2D eigenvalue weighted by Gasteiger charge is 2.04. The molecule has 2 rings (SSSR count). The Morgan fingerprint density at radius 1 is 0.553 bits per heavy atom. The van der Waals surface area contributed by atoms with Gasteiger partial charge in [0, 0.05) is 51.0 Å². The lowest BCUT2D eigenvalue weighted by Gasteiger charge is -2.11. The minimum Gasteiger partial charge on any atom is -0.354 e. The molecule has 2 atom stereocenters. The molecule has 0 saturated carbocycles. The minimum absolute atomic E-state index is 0. The Kier molecular flexibility index (Phi) is 23.0. The number of unbranched alkanes of at least 4 members (excludes halogenated alkanes) is 5. The lowest BCUT2D eigenvalue weighted by molar-refractivity contribution is 0.459. The van der Waals surface area contributed by atoms with Gasteiger partial charge in [0.2, 0.25) is 0 Å². The van der Waals surface area contributed by atoms with Crippen molar-refractivity contribution in [1.82, 2.24) is 9.13 Å². The molecular weight excluding hydrogens is 600 g/mol. The zero-order valence-electron chi connectivity index (χ0n) is 24.7. The molecular formula is C32H56Br2N4. The zero-order chi connectivity index (χ0) is 25.8. The number of nitrogens with zero attached hydrogens (tertiary/aromatic N) is 4. The topological polar surface area (TPSA) is 34.6 Å². The van der Waals surface area contributed by atoms with Crippen molar-refractivity contribution in [2.24, 2.45) is 21.8 Å². The molecule has 2 unspecified atom stereocenters. The molecule has 0 N–H and O–H groups in total. The fraction of sp³-hybridized carbons (Fsp3) is 0.688. The molecule has 2 heterocycles. The first kappa shape index (κ1) is 36.9. The van der Waals surface area contributed by atoms with Gasteiger partial charge in [0.05, 0.1) is 10.7 Å². The molecule has 2 aromatic heterocycles. The van der Waals surface area contributed by atoms with E-state index in [1.165, 1.54) is 77.0 Å². The fourth-order valence-electron chi connectivity index (χ4n) is 4.65. The summed E-state index contributed by atoms with van der Waals surface area (Å²) in [5.41, 5.74) is 0. The highest BCUT2D eigenvalue weighted by atomic mass is 79.9. The van der Waals surface area contributed by atoms with E-state index in [0.29, 0.717) is 0 Å². The van der Waals surface area contributed by atoms with Crippen molar-refractivity contribution in [3.63, 3.8) is 0 Å². The standard InChI is InChI=1S/C32H54N4.2BrH/c1-5-9-15-29(7-3)27-33-31-17-23-35(24-18-31)21-13-11-12-14-22-36-25-19-32(20-26-36)34-28-30(8-4)16-10-6-2;;/h17-20,23-26,29-30H,5-16,21-22,27-28H2,1-4H3;2*1H. The summed E-state index contributed by atoms with van der Waals surface area (Å²) < 4.78 is 4.60. The summed E-state index contributed by atoms with van der Waals surface area (Å²) in [6.45, 7) is 13.2. The predicted molar refractivity (Wildman–Crippen MR) is 175 cm³/mol. The van der Waals surface area contributed by atoms with E-state index in [9.17, 15) is 0 Å². The van der Waals surface area contributed by atoms with Crippen LogP contribution in [-0.2, 0) is 13.1 Å². The van der Waals surface area contributed by atoms with Crippen LogP contribution in [0, 0.1) is 11.8 Å². The summed E-state index contributed by atoms with van der Waals surface area (Å²) in [5, 5.41) is 2.25. The quantitative estimate of drug-likeness (QED) is 0.135. The number of aryl methyl sites for hydroxylation is 2. The van der Waals surface area contributed by atoms with E-state index in [-0.39, 0.29) is 34.0 Å². The number of halogens is 2. The Bertz CT molecular complexity index is 832. The molecule has 0 spiro atoms. The third-order valence-electron chi connectivity index (χ3n) is 7.48. The van der Waals surface area contributed by atoms with E-state index in [1.807, 2.05) is 0 Å². The van der Waals surface area contributed by atoms with E-state index in [4.69, 9.17) is 9.98 Å². The molecule has 4 nitrogen and oxygen atoms in total. The molecule has 0 aliphatic heterocycles. The van der Waals surface area contributed by atoms with Crippen molar-refractivity contribution in [3.8, 4) is 0 Å². The van der Waals surface area contributed by atoms with Crippen LogP contribution in [0.3, 0.4) is 0 Å². The molecule has 38 heavy (non-hydrogen) atoms. The Hall–Kier alpha value is -1.14. The van der Waals surface area contributed by atoms with E-state index < -0.39 is 0 Å². The third kappa shape index (κ3) is 16.1. The van der Waals surface area contributed by atoms with Gasteiger partial charge < -0.3 is 9.13 Å². The van der Waals surface area contributed by atoms with Crippen LogP contribution in [-0.4, -0.2) is 22.2 Å². The molecule has 2 aromatic rings. The van der Waals surface area contributed by atoms with Crippen LogP contribution >= 0.6 is 34.0 Å². The van der Waals surface area contributed by atoms with Crippen LogP contribution < -0.4 is 10.7 Å². The van der Waals surface area contributed by atoms with E-state index in [2.05, 4.69) is 85.9 Å². The van der Waals surface area contributed by atoms with Gasteiger partial charge in [-0.3, -0.25) is 9.98 Å². The Labute approximate surface area is 254 Å². The molecule has 0 amide bonds. The van der Waals surface area contributed by atoms with Gasteiger partial charge in [0.1, 0.15) is 0 Å². The van der Waals surface area contributed by atoms with E-state index in [0.717, 1.165) is 48.7 Å². The summed E-state index contributed by atoms with van der Waals surface area (Å²) in [5.74, 6) is 1.47. The van der Waals surface area contributed by atoms with E-state index >= 15 is 0 Å². The van der Waals surface area contributed by atoms with Gasteiger partial charge in [-0.25, -0.2) is 0 Å². The van der Waals surface area contributed by atoms with Crippen molar-refractivity contribution >= 4 is 34.0 Å². The zero-order valence-corrected chi connectivity index (χ0v) is 28.1. The van der Waals surface area contributed by atoms with Crippen LogP contribution in [0.5, 0.6) is 0 Å². The number of rotatable bonds is 19. The first-order valence-corrected chi connectivity index (χ1v) is 15.0. The van der Waals surface area contributed by atoms with Crippen molar-refractivity contribution in [1.29, 1.82) is 0 Å². The van der Waals surface area contributed by atoms with Gasteiger partial charge in [0.15, 0.2) is 0 Å². The third-order valence-corrected chi connectivity index (χ3v) is 7.48. The maximum absolute atomic E-state index is 4.84. The first-order chi connectivity index (χ1) is 17.7. The summed E-state index contributed by atoms with van der Waals surface area (Å²) in [6.07, 6.45) is 24.1. The Morgan fingerprint density at radius 3 is 1.24 bits per heavy atom. The van der Waals surface area contributed by atoms with Crippen molar-refractivity contribution in [2.45, 2.75) is 118 Å². The number of hydrogen-bond acceptors (Lipinski definition) is 2. The lowest BCUT2D eigenvalue weighted by Crippen LogP contribution is -2.10. The number of hydrogen-bond donors (Lipinski definition) is 0. The van der Waals surface area contributed by atoms with Gasteiger partial charge >= 0.3 is 0 Å². The summed E-state index contributed by atoms with van der Waals surface area (Å²) in [7, 11) is 0. The SMILES string of the molecule is Br.Br.CCCCC(CC)CN=c1ccn(CCCCCCn2ccc(=NCC(CC)CCCC)cc2)cc1. The van der Waals surface area contributed by atoms with Crippen LogP contribution in [0.2, 0.25) is 0 Å². The van der Waals surface area contributed by atoms with Crippen molar-refractivity contribution < 1.29 is 0 Å². The van der Waals surface area contributed by atoms with Crippen LogP contribution in [0.1, 0.15) is 105 Å². The average Bonchev–Trinajstić information content (AvgIpc) is 2.92. The number of pyridine rings is 2. The van der Waals surface area contributed by atoms with Crippen LogP contribution in [0.25, 0.3) is 0 Å². The normalized spacial score (nSPS) is 12.2. The second-order valence-electron chi connectivity index (χ2n) is 10.5. The lowest BCUT2D eigenvalue weighted by atomic mass is 10.00. The smallest absolute Gasteiger partial charge is 0.0603 e. The van der Waals surface area contributed by atoms with Crippen molar-refractivity contribution in [3.05, 3.63) is 59.8 Å². The van der Waals surface area contributed by atoms with Crippen LogP contribution in [0.15, 0.2) is 59.0 Å². The molecule has 0 aliphatic carbocycles. The molecule has 0 aliphatic rings. The van der Waals surface area contributed by atoms with Gasteiger partial charge in [-0.05, 0) is 61.8 Å². The van der Waals surface area contributed by atoms with Gasteiger partial charge in [-0.15, -0.1) is 34.0 Å².